The number of rotatable bonds is 10. The molecule has 1 aromatic heterocycles. The zero-order valence-electron chi connectivity index (χ0n) is 25.9. The van der Waals surface area contributed by atoms with Crippen LogP contribution in [-0.4, -0.2) is 101 Å². The number of hydrogen-bond acceptors (Lipinski definition) is 7. The summed E-state index contributed by atoms with van der Waals surface area (Å²) in [5, 5.41) is 18.3. The average Bonchev–Trinajstić information content (AvgIpc) is 3.23. The SMILES string of the molecule is CCCCN1C(=O)[C@@H]([C@H](O)C(C)C)NC(=O)C12CCN(Cc1c(C)nn(-c3ccc(S(=O)(=O)N(C)C)cc3)c1C)CC2. The molecular weight excluding hydrogens is 556 g/mol. The fourth-order valence-corrected chi connectivity index (χ4v) is 6.92. The Balaban J connectivity index is 1.50. The van der Waals surface area contributed by atoms with Crippen LogP contribution < -0.4 is 5.32 Å². The van der Waals surface area contributed by atoms with Gasteiger partial charge in [-0.3, -0.25) is 14.5 Å². The van der Waals surface area contributed by atoms with Gasteiger partial charge < -0.3 is 15.3 Å². The van der Waals surface area contributed by atoms with Gasteiger partial charge in [0.25, 0.3) is 0 Å². The second-order valence-corrected chi connectivity index (χ2v) is 14.3. The van der Waals surface area contributed by atoms with Crippen LogP contribution in [0.2, 0.25) is 0 Å². The molecule has 12 heteroatoms. The first-order chi connectivity index (χ1) is 19.7. The molecule has 4 rings (SSSR count). The summed E-state index contributed by atoms with van der Waals surface area (Å²) in [6.45, 7) is 12.2. The number of hydrogen-bond donors (Lipinski definition) is 2. The number of carbonyl (C=O) groups is 2. The minimum absolute atomic E-state index is 0.153. The largest absolute Gasteiger partial charge is 0.390 e. The fourth-order valence-electron chi connectivity index (χ4n) is 6.02. The molecule has 0 saturated carbocycles. The standard InChI is InChI=1S/C30H46N6O5S/c1-8-9-16-35-28(38)26(27(37)20(2)3)31-29(39)30(35)14-17-34(18-15-30)19-25-21(4)32-36(22(25)5)23-10-12-24(13-11-23)42(40,41)33(6)7/h10-13,20,26-27,37H,8-9,14-19H2,1-7H3,(H,31,39)/t26-,27-/m1/s1. The number of piperazine rings is 1. The third kappa shape index (κ3) is 5.86. The highest BCUT2D eigenvalue weighted by Crippen LogP contribution is 2.35. The molecule has 11 nitrogen and oxygen atoms in total. The molecule has 3 heterocycles. The first-order valence-electron chi connectivity index (χ1n) is 14.9. The third-order valence-electron chi connectivity index (χ3n) is 8.88. The van der Waals surface area contributed by atoms with E-state index < -0.39 is 27.7 Å². The molecule has 2 atom stereocenters. The Bertz CT molecular complexity index is 1390. The highest BCUT2D eigenvalue weighted by molar-refractivity contribution is 7.89. The van der Waals surface area contributed by atoms with E-state index in [2.05, 4.69) is 17.1 Å². The Morgan fingerprint density at radius 3 is 2.29 bits per heavy atom. The maximum Gasteiger partial charge on any atom is 0.248 e. The lowest BCUT2D eigenvalue weighted by atomic mass is 9.80. The van der Waals surface area contributed by atoms with Crippen molar-refractivity contribution in [1.82, 2.24) is 29.2 Å². The highest BCUT2D eigenvalue weighted by Gasteiger charge is 2.54. The van der Waals surface area contributed by atoms with E-state index in [0.717, 1.165) is 35.5 Å². The maximum absolute atomic E-state index is 13.6. The van der Waals surface area contributed by atoms with Crippen LogP contribution >= 0.6 is 0 Å². The van der Waals surface area contributed by atoms with Crippen molar-refractivity contribution in [2.45, 2.75) is 89.4 Å². The van der Waals surface area contributed by atoms with Crippen molar-refractivity contribution in [3.8, 4) is 5.69 Å². The second-order valence-electron chi connectivity index (χ2n) is 12.2. The lowest BCUT2D eigenvalue weighted by Crippen LogP contribution is -2.74. The minimum atomic E-state index is -3.52. The Kier molecular flexibility index (Phi) is 9.51. The van der Waals surface area contributed by atoms with E-state index in [0.29, 0.717) is 39.0 Å². The van der Waals surface area contributed by atoms with Crippen LogP contribution in [0.1, 0.15) is 63.4 Å². The quantitative estimate of drug-likeness (QED) is 0.427. The van der Waals surface area contributed by atoms with E-state index >= 15 is 0 Å². The number of aryl methyl sites for hydroxylation is 1. The van der Waals surface area contributed by atoms with Gasteiger partial charge in [-0.2, -0.15) is 5.10 Å². The van der Waals surface area contributed by atoms with Crippen LogP contribution in [-0.2, 0) is 26.2 Å². The summed E-state index contributed by atoms with van der Waals surface area (Å²) in [6, 6.07) is 5.80. The lowest BCUT2D eigenvalue weighted by Gasteiger charge is -2.52. The number of aliphatic hydroxyl groups is 1. The van der Waals surface area contributed by atoms with E-state index in [4.69, 9.17) is 5.10 Å². The number of nitrogens with one attached hydrogen (secondary N) is 1. The molecule has 0 radical (unpaired) electrons. The fraction of sp³-hybridized carbons (Fsp3) is 0.633. The van der Waals surface area contributed by atoms with Crippen molar-refractivity contribution in [2.75, 3.05) is 33.7 Å². The van der Waals surface area contributed by atoms with Gasteiger partial charge in [0.15, 0.2) is 0 Å². The highest BCUT2D eigenvalue weighted by atomic mass is 32.2. The van der Waals surface area contributed by atoms with Gasteiger partial charge in [0.05, 0.1) is 22.4 Å². The smallest absolute Gasteiger partial charge is 0.248 e. The molecule has 1 spiro atoms. The minimum Gasteiger partial charge on any atom is -0.390 e. The van der Waals surface area contributed by atoms with Gasteiger partial charge >= 0.3 is 0 Å². The summed E-state index contributed by atoms with van der Waals surface area (Å²) in [6.07, 6.45) is 1.81. The molecule has 2 aromatic rings. The van der Waals surface area contributed by atoms with Crippen LogP contribution in [0.4, 0.5) is 0 Å². The van der Waals surface area contributed by atoms with Crippen LogP contribution in [0, 0.1) is 19.8 Å². The van der Waals surface area contributed by atoms with Crippen molar-refractivity contribution >= 4 is 21.8 Å². The number of likely N-dealkylation sites (tertiary alicyclic amines) is 1. The molecule has 2 fully saturated rings. The zero-order valence-corrected chi connectivity index (χ0v) is 26.7. The number of aromatic nitrogens is 2. The number of unbranched alkanes of at least 4 members (excludes halogenated alkanes) is 1. The summed E-state index contributed by atoms with van der Waals surface area (Å²) in [7, 11) is -0.500. The number of aliphatic hydroxyl groups excluding tert-OH is 1. The van der Waals surface area contributed by atoms with Crippen LogP contribution in [0.25, 0.3) is 5.69 Å². The summed E-state index contributed by atoms with van der Waals surface area (Å²) >= 11 is 0. The second kappa shape index (κ2) is 12.4. The molecule has 2 aliphatic heterocycles. The summed E-state index contributed by atoms with van der Waals surface area (Å²) in [5.41, 5.74) is 2.82. The summed E-state index contributed by atoms with van der Waals surface area (Å²) in [4.78, 5) is 31.5. The maximum atomic E-state index is 13.6. The van der Waals surface area contributed by atoms with Gasteiger partial charge in [0.2, 0.25) is 21.8 Å². The number of carbonyl (C=O) groups excluding carboxylic acids is 2. The Labute approximate surface area is 249 Å². The van der Waals surface area contributed by atoms with Crippen molar-refractivity contribution < 1.29 is 23.1 Å². The number of nitrogens with zero attached hydrogens (tertiary/aromatic N) is 5. The molecule has 2 saturated heterocycles. The van der Waals surface area contributed by atoms with E-state index in [1.807, 2.05) is 32.4 Å². The summed E-state index contributed by atoms with van der Waals surface area (Å²) in [5.74, 6) is -0.503. The monoisotopic (exact) mass is 602 g/mol. The van der Waals surface area contributed by atoms with Crippen molar-refractivity contribution in [3.05, 3.63) is 41.2 Å². The molecule has 2 aliphatic rings. The van der Waals surface area contributed by atoms with Gasteiger partial charge in [0.1, 0.15) is 11.6 Å². The number of benzene rings is 1. The number of amides is 2. The van der Waals surface area contributed by atoms with Crippen molar-refractivity contribution in [1.29, 1.82) is 0 Å². The predicted molar refractivity (Wildman–Crippen MR) is 161 cm³/mol. The van der Waals surface area contributed by atoms with E-state index in [9.17, 15) is 23.1 Å². The number of sulfonamides is 1. The summed E-state index contributed by atoms with van der Waals surface area (Å²) < 4.78 is 27.9. The van der Waals surface area contributed by atoms with Gasteiger partial charge in [-0.25, -0.2) is 17.4 Å². The predicted octanol–water partition coefficient (Wildman–Crippen LogP) is 2.22. The first kappa shape index (κ1) is 32.1. The molecule has 1 aromatic carbocycles. The third-order valence-corrected chi connectivity index (χ3v) is 10.7. The van der Waals surface area contributed by atoms with Gasteiger partial charge in [-0.05, 0) is 63.3 Å². The molecule has 2 N–H and O–H groups in total. The normalized spacial score (nSPS) is 20.5. The van der Waals surface area contributed by atoms with Gasteiger partial charge in [0, 0.05) is 51.5 Å². The van der Waals surface area contributed by atoms with Crippen LogP contribution in [0.5, 0.6) is 0 Å². The molecule has 232 valence electrons. The molecule has 0 bridgehead atoms. The van der Waals surface area contributed by atoms with Gasteiger partial charge in [-0.15, -0.1) is 0 Å². The molecule has 42 heavy (non-hydrogen) atoms. The topological polar surface area (TPSA) is 128 Å². The van der Waals surface area contributed by atoms with Gasteiger partial charge in [-0.1, -0.05) is 27.2 Å². The van der Waals surface area contributed by atoms with E-state index in [1.165, 1.54) is 18.4 Å². The van der Waals surface area contributed by atoms with Crippen molar-refractivity contribution in [2.24, 2.45) is 5.92 Å². The number of piperidine rings is 1. The Morgan fingerprint density at radius 2 is 1.74 bits per heavy atom. The Morgan fingerprint density at radius 1 is 1.12 bits per heavy atom. The van der Waals surface area contributed by atoms with Crippen LogP contribution in [0.15, 0.2) is 29.2 Å². The molecular formula is C30H46N6O5S. The molecule has 0 unspecified atom stereocenters. The average molecular weight is 603 g/mol. The molecule has 2 amide bonds. The van der Waals surface area contributed by atoms with E-state index in [1.54, 1.807) is 29.2 Å². The van der Waals surface area contributed by atoms with Crippen LogP contribution in [0.3, 0.4) is 0 Å². The molecule has 0 aliphatic carbocycles. The first-order valence-corrected chi connectivity index (χ1v) is 16.3. The lowest BCUT2D eigenvalue weighted by molar-refractivity contribution is -0.165. The zero-order chi connectivity index (χ0) is 31.0. The Hall–Kier alpha value is -2.80. The van der Waals surface area contributed by atoms with Crippen molar-refractivity contribution in [3.63, 3.8) is 0 Å². The van der Waals surface area contributed by atoms with E-state index in [-0.39, 0.29) is 22.6 Å².